The molecule has 0 bridgehead atoms. The molecule has 1 unspecified atom stereocenters. The van der Waals surface area contributed by atoms with Crippen molar-refractivity contribution >= 4 is 39.2 Å². The van der Waals surface area contributed by atoms with Gasteiger partial charge >= 0.3 is 0 Å². The van der Waals surface area contributed by atoms with Gasteiger partial charge < -0.3 is 19.8 Å². The Morgan fingerprint density at radius 1 is 1.22 bits per heavy atom. The number of thioether (sulfide) groups is 1. The number of rotatable bonds is 6. The van der Waals surface area contributed by atoms with Crippen molar-refractivity contribution in [3.63, 3.8) is 0 Å². The Labute approximate surface area is 191 Å². The lowest BCUT2D eigenvalue weighted by molar-refractivity contribution is -0.120. The highest BCUT2D eigenvalue weighted by Gasteiger charge is 2.19. The lowest BCUT2D eigenvalue weighted by atomic mass is 10.1. The first kappa shape index (κ1) is 20.6. The number of benzene rings is 2. The minimum Gasteiger partial charge on any atom is -0.454 e. The van der Waals surface area contributed by atoms with E-state index in [-0.39, 0.29) is 18.3 Å². The van der Waals surface area contributed by atoms with Gasteiger partial charge in [0.05, 0.1) is 10.6 Å². The number of nitrogens with one attached hydrogen (secondary N) is 2. The van der Waals surface area contributed by atoms with Gasteiger partial charge in [-0.1, -0.05) is 48.2 Å². The number of aromatic amines is 1. The number of fused-ring (bicyclic) bond motifs is 2. The predicted molar refractivity (Wildman–Crippen MR) is 125 cm³/mol. The highest BCUT2D eigenvalue weighted by atomic mass is 32.2. The lowest BCUT2D eigenvalue weighted by Crippen LogP contribution is -2.30. The molecule has 0 saturated carbocycles. The molecule has 162 valence electrons. The fraction of sp³-hybridized carbons (Fsp3) is 0.174. The summed E-state index contributed by atoms with van der Waals surface area (Å²) in [5.41, 5.74) is 2.55. The van der Waals surface area contributed by atoms with Gasteiger partial charge in [-0.15, -0.1) is 11.3 Å². The topological polar surface area (TPSA) is 93.3 Å². The van der Waals surface area contributed by atoms with E-state index >= 15 is 0 Å². The van der Waals surface area contributed by atoms with Crippen LogP contribution in [0.1, 0.15) is 12.5 Å². The van der Waals surface area contributed by atoms with Gasteiger partial charge in [-0.3, -0.25) is 9.59 Å². The van der Waals surface area contributed by atoms with Crippen molar-refractivity contribution in [2.24, 2.45) is 0 Å². The number of carbonyl (C=O) groups excluding carboxylic acids is 1. The fourth-order valence-corrected chi connectivity index (χ4v) is 5.25. The summed E-state index contributed by atoms with van der Waals surface area (Å²) in [7, 11) is 0. The molecule has 0 spiro atoms. The summed E-state index contributed by atoms with van der Waals surface area (Å²) in [6.45, 7) is 2.37. The molecule has 0 fully saturated rings. The van der Waals surface area contributed by atoms with Crippen LogP contribution < -0.4 is 20.3 Å². The minimum absolute atomic E-state index is 0.147. The molecule has 4 aromatic rings. The summed E-state index contributed by atoms with van der Waals surface area (Å²) < 4.78 is 10.7. The Morgan fingerprint density at radius 2 is 2.03 bits per heavy atom. The molecule has 0 aliphatic carbocycles. The Hall–Kier alpha value is -3.30. The maximum atomic E-state index is 12.8. The van der Waals surface area contributed by atoms with Crippen LogP contribution >= 0.6 is 23.1 Å². The first-order chi connectivity index (χ1) is 15.6. The zero-order valence-corrected chi connectivity index (χ0v) is 18.7. The van der Waals surface area contributed by atoms with Crippen LogP contribution in [0.2, 0.25) is 0 Å². The molecule has 2 aromatic carbocycles. The number of H-pyrrole nitrogens is 1. The average Bonchev–Trinajstić information content (AvgIpc) is 3.45. The number of hydrogen-bond donors (Lipinski definition) is 2. The third kappa shape index (κ3) is 4.09. The van der Waals surface area contributed by atoms with E-state index in [1.165, 1.54) is 23.1 Å². The van der Waals surface area contributed by atoms with Gasteiger partial charge in [0, 0.05) is 17.5 Å². The second-order valence-corrected chi connectivity index (χ2v) is 9.42. The molecule has 7 nitrogen and oxygen atoms in total. The number of ether oxygens (including phenoxy) is 2. The Balaban J connectivity index is 1.27. The minimum atomic E-state index is -0.432. The van der Waals surface area contributed by atoms with Gasteiger partial charge in [-0.25, -0.2) is 4.98 Å². The third-order valence-corrected chi connectivity index (χ3v) is 6.92. The van der Waals surface area contributed by atoms with Crippen LogP contribution in [0.25, 0.3) is 21.3 Å². The van der Waals surface area contributed by atoms with Gasteiger partial charge in [0.1, 0.15) is 4.83 Å². The van der Waals surface area contributed by atoms with Gasteiger partial charge in [0.2, 0.25) is 12.7 Å². The third-order valence-electron chi connectivity index (χ3n) is 5.07. The molecule has 0 saturated heterocycles. The smallest absolute Gasteiger partial charge is 0.260 e. The summed E-state index contributed by atoms with van der Waals surface area (Å²) in [6.07, 6.45) is 0. The van der Waals surface area contributed by atoms with Crippen LogP contribution in [0.5, 0.6) is 11.5 Å². The number of amides is 1. The highest BCUT2D eigenvalue weighted by molar-refractivity contribution is 8.00. The van der Waals surface area contributed by atoms with Crippen molar-refractivity contribution in [2.45, 2.75) is 23.9 Å². The first-order valence-electron chi connectivity index (χ1n) is 9.98. The Morgan fingerprint density at radius 3 is 2.88 bits per heavy atom. The van der Waals surface area contributed by atoms with Gasteiger partial charge in [0.25, 0.3) is 5.56 Å². The van der Waals surface area contributed by atoms with E-state index in [4.69, 9.17) is 9.47 Å². The molecule has 5 rings (SSSR count). The molecule has 32 heavy (non-hydrogen) atoms. The van der Waals surface area contributed by atoms with E-state index in [0.29, 0.717) is 33.4 Å². The normalized spacial score (nSPS) is 13.3. The Kier molecular flexibility index (Phi) is 5.59. The lowest BCUT2D eigenvalue weighted by Gasteiger charge is -2.12. The fourth-order valence-electron chi connectivity index (χ4n) is 3.42. The summed E-state index contributed by atoms with van der Waals surface area (Å²) in [5.74, 6) is 1.24. The van der Waals surface area contributed by atoms with E-state index in [0.717, 1.165) is 16.7 Å². The number of thiophene rings is 1. The van der Waals surface area contributed by atoms with Crippen LogP contribution in [0, 0.1) is 0 Å². The van der Waals surface area contributed by atoms with Crippen molar-refractivity contribution in [1.82, 2.24) is 15.3 Å². The van der Waals surface area contributed by atoms with Crippen molar-refractivity contribution in [2.75, 3.05) is 6.79 Å². The van der Waals surface area contributed by atoms with E-state index in [9.17, 15) is 9.59 Å². The van der Waals surface area contributed by atoms with E-state index in [1.807, 2.05) is 53.9 Å². The number of aromatic nitrogens is 2. The zero-order valence-electron chi connectivity index (χ0n) is 17.1. The highest BCUT2D eigenvalue weighted by Crippen LogP contribution is 2.33. The van der Waals surface area contributed by atoms with E-state index in [2.05, 4.69) is 15.3 Å². The van der Waals surface area contributed by atoms with Crippen molar-refractivity contribution in [3.8, 4) is 22.6 Å². The van der Waals surface area contributed by atoms with Crippen LogP contribution in [-0.4, -0.2) is 27.9 Å². The van der Waals surface area contributed by atoms with E-state index in [1.54, 1.807) is 6.92 Å². The molecule has 1 aliphatic rings. The molecule has 0 radical (unpaired) electrons. The summed E-state index contributed by atoms with van der Waals surface area (Å²) in [4.78, 5) is 33.4. The molecule has 2 N–H and O–H groups in total. The zero-order chi connectivity index (χ0) is 22.1. The predicted octanol–water partition coefficient (Wildman–Crippen LogP) is 4.18. The maximum absolute atomic E-state index is 12.8. The van der Waals surface area contributed by atoms with Gasteiger partial charge in [-0.2, -0.15) is 0 Å². The van der Waals surface area contributed by atoms with Crippen LogP contribution in [0.15, 0.2) is 63.9 Å². The monoisotopic (exact) mass is 465 g/mol. The van der Waals surface area contributed by atoms with Crippen molar-refractivity contribution in [1.29, 1.82) is 0 Å². The summed E-state index contributed by atoms with van der Waals surface area (Å²) in [6, 6.07) is 15.3. The van der Waals surface area contributed by atoms with Gasteiger partial charge in [0.15, 0.2) is 16.7 Å². The molecule has 1 amide bonds. The second-order valence-electron chi connectivity index (χ2n) is 7.23. The first-order valence-corrected chi connectivity index (χ1v) is 11.7. The molecule has 9 heteroatoms. The second kappa shape index (κ2) is 8.68. The number of nitrogens with zero attached hydrogens (tertiary/aromatic N) is 1. The molecule has 3 heterocycles. The van der Waals surface area contributed by atoms with E-state index < -0.39 is 5.25 Å². The van der Waals surface area contributed by atoms with Gasteiger partial charge in [-0.05, 0) is 30.2 Å². The quantitative estimate of drug-likeness (QED) is 0.328. The van der Waals surface area contributed by atoms with Crippen LogP contribution in [-0.2, 0) is 11.3 Å². The standard InChI is InChI=1S/C23H19N3O4S2/c1-13(20(27)24-10-14-7-8-17-18(9-14)30-12-29-17)32-23-25-21(28)19-16(11-31-22(19)26-23)15-5-3-2-4-6-15/h2-9,11,13H,10,12H2,1H3,(H,24,27)(H,25,26,28). The average molecular weight is 466 g/mol. The summed E-state index contributed by atoms with van der Waals surface area (Å²) >= 11 is 2.65. The van der Waals surface area contributed by atoms with Crippen LogP contribution in [0.3, 0.4) is 0 Å². The van der Waals surface area contributed by atoms with Crippen molar-refractivity contribution < 1.29 is 14.3 Å². The molecular weight excluding hydrogens is 446 g/mol. The molecule has 1 atom stereocenters. The van der Waals surface area contributed by atoms with Crippen LogP contribution in [0.4, 0.5) is 0 Å². The summed E-state index contributed by atoms with van der Waals surface area (Å²) in [5, 5.41) is 5.42. The number of carbonyl (C=O) groups is 1. The largest absolute Gasteiger partial charge is 0.454 e. The molecule has 2 aromatic heterocycles. The van der Waals surface area contributed by atoms with Crippen molar-refractivity contribution in [3.05, 3.63) is 69.8 Å². The maximum Gasteiger partial charge on any atom is 0.260 e. The SMILES string of the molecule is CC(Sc1nc2scc(-c3ccccc3)c2c(=O)[nH]1)C(=O)NCc1ccc2c(c1)OCO2. The molecular formula is C23H19N3O4S2. The number of hydrogen-bond acceptors (Lipinski definition) is 7. The Bertz CT molecular complexity index is 1350. The molecule has 1 aliphatic heterocycles.